The maximum atomic E-state index is 12.7. The van der Waals surface area contributed by atoms with E-state index >= 15 is 0 Å². The van der Waals surface area contributed by atoms with Crippen molar-refractivity contribution in [2.24, 2.45) is 5.92 Å². The van der Waals surface area contributed by atoms with E-state index in [0.717, 1.165) is 27.9 Å². The summed E-state index contributed by atoms with van der Waals surface area (Å²) < 4.78 is 1.06. The number of thiazole rings is 1. The van der Waals surface area contributed by atoms with Gasteiger partial charge in [0.05, 0.1) is 16.1 Å². The van der Waals surface area contributed by atoms with Crippen molar-refractivity contribution in [3.63, 3.8) is 0 Å². The molecule has 3 aromatic rings. The first-order valence-electron chi connectivity index (χ1n) is 9.11. The molecule has 1 aliphatic rings. The summed E-state index contributed by atoms with van der Waals surface area (Å²) in [5.41, 5.74) is 4.12. The van der Waals surface area contributed by atoms with Crippen LogP contribution in [0.3, 0.4) is 0 Å². The van der Waals surface area contributed by atoms with E-state index in [-0.39, 0.29) is 24.2 Å². The number of benzene rings is 2. The Hall–Kier alpha value is -2.73. The van der Waals surface area contributed by atoms with E-state index in [9.17, 15) is 9.59 Å². The van der Waals surface area contributed by atoms with E-state index in [1.54, 1.807) is 4.90 Å². The highest BCUT2D eigenvalue weighted by atomic mass is 32.1. The summed E-state index contributed by atoms with van der Waals surface area (Å²) in [7, 11) is 0. The summed E-state index contributed by atoms with van der Waals surface area (Å²) in [6.45, 7) is 4.52. The highest BCUT2D eigenvalue weighted by Gasteiger charge is 2.35. The van der Waals surface area contributed by atoms with Crippen LogP contribution in [0, 0.1) is 12.8 Å². The Morgan fingerprint density at radius 3 is 2.78 bits per heavy atom. The first-order valence-corrected chi connectivity index (χ1v) is 9.92. The van der Waals surface area contributed by atoms with Crippen molar-refractivity contribution in [1.82, 2.24) is 4.98 Å². The Balaban J connectivity index is 1.47. The molecular weight excluding hydrogens is 358 g/mol. The van der Waals surface area contributed by atoms with Crippen molar-refractivity contribution < 1.29 is 9.59 Å². The van der Waals surface area contributed by atoms with Crippen LogP contribution in [-0.4, -0.2) is 23.3 Å². The Labute approximate surface area is 162 Å². The fourth-order valence-electron chi connectivity index (χ4n) is 3.31. The third-order valence-corrected chi connectivity index (χ3v) is 5.87. The molecule has 0 saturated carbocycles. The standard InChI is InChI=1S/C21H21N3O2S/c1-3-14-6-9-17-18(10-14)27-21(22-17)23-20(26)15-11-19(25)24(12-15)16-7-4-13(2)5-8-16/h4-10,15H,3,11-12H2,1-2H3,(H,22,23,26). The van der Waals surface area contributed by atoms with E-state index in [1.165, 1.54) is 16.9 Å². The molecule has 0 bridgehead atoms. The molecule has 4 rings (SSSR count). The monoisotopic (exact) mass is 379 g/mol. The van der Waals surface area contributed by atoms with Crippen LogP contribution in [0.25, 0.3) is 10.2 Å². The molecule has 1 N–H and O–H groups in total. The molecule has 0 radical (unpaired) electrons. The summed E-state index contributed by atoms with van der Waals surface area (Å²) in [5, 5.41) is 3.49. The number of hydrogen-bond acceptors (Lipinski definition) is 4. The second-order valence-corrected chi connectivity index (χ2v) is 7.94. The third kappa shape index (κ3) is 3.57. The number of aromatic nitrogens is 1. The van der Waals surface area contributed by atoms with Gasteiger partial charge in [0.1, 0.15) is 0 Å². The normalized spacial score (nSPS) is 16.9. The van der Waals surface area contributed by atoms with Crippen molar-refractivity contribution in [1.29, 1.82) is 0 Å². The van der Waals surface area contributed by atoms with Crippen LogP contribution in [0.1, 0.15) is 24.5 Å². The molecule has 138 valence electrons. The first kappa shape index (κ1) is 17.7. The Morgan fingerprint density at radius 2 is 2.04 bits per heavy atom. The van der Waals surface area contributed by atoms with Gasteiger partial charge in [0.15, 0.2) is 5.13 Å². The van der Waals surface area contributed by atoms with Crippen LogP contribution in [-0.2, 0) is 16.0 Å². The zero-order valence-electron chi connectivity index (χ0n) is 15.4. The van der Waals surface area contributed by atoms with Gasteiger partial charge in [-0.15, -0.1) is 0 Å². The quantitative estimate of drug-likeness (QED) is 0.740. The van der Waals surface area contributed by atoms with Crippen molar-refractivity contribution in [3.8, 4) is 0 Å². The van der Waals surface area contributed by atoms with E-state index in [2.05, 4.69) is 29.4 Å². The number of nitrogens with one attached hydrogen (secondary N) is 1. The predicted octanol–water partition coefficient (Wildman–Crippen LogP) is 4.16. The van der Waals surface area contributed by atoms with Crippen molar-refractivity contribution >= 4 is 44.2 Å². The van der Waals surface area contributed by atoms with Gasteiger partial charge < -0.3 is 10.2 Å². The minimum Gasteiger partial charge on any atom is -0.312 e. The maximum Gasteiger partial charge on any atom is 0.231 e. The Bertz CT molecular complexity index is 1010. The smallest absolute Gasteiger partial charge is 0.231 e. The van der Waals surface area contributed by atoms with Crippen molar-refractivity contribution in [2.45, 2.75) is 26.7 Å². The van der Waals surface area contributed by atoms with Gasteiger partial charge in [0, 0.05) is 18.7 Å². The highest BCUT2D eigenvalue weighted by Crippen LogP contribution is 2.29. The zero-order valence-corrected chi connectivity index (χ0v) is 16.2. The average Bonchev–Trinajstić information content (AvgIpc) is 3.24. The lowest BCUT2D eigenvalue weighted by atomic mass is 10.1. The van der Waals surface area contributed by atoms with Gasteiger partial charge in [-0.3, -0.25) is 9.59 Å². The summed E-state index contributed by atoms with van der Waals surface area (Å²) in [4.78, 5) is 31.2. The Morgan fingerprint density at radius 1 is 1.26 bits per heavy atom. The second kappa shape index (κ2) is 7.12. The lowest BCUT2D eigenvalue weighted by molar-refractivity contribution is -0.122. The van der Waals surface area contributed by atoms with Crippen LogP contribution in [0.15, 0.2) is 42.5 Å². The number of amides is 2. The van der Waals surface area contributed by atoms with Crippen LogP contribution in [0.5, 0.6) is 0 Å². The molecule has 1 saturated heterocycles. The molecule has 1 aliphatic heterocycles. The average molecular weight is 379 g/mol. The fourth-order valence-corrected chi connectivity index (χ4v) is 4.24. The molecule has 0 spiro atoms. The van der Waals surface area contributed by atoms with Gasteiger partial charge in [0.25, 0.3) is 0 Å². The van der Waals surface area contributed by atoms with Crippen molar-refractivity contribution in [3.05, 3.63) is 53.6 Å². The lowest BCUT2D eigenvalue weighted by Gasteiger charge is -2.16. The van der Waals surface area contributed by atoms with E-state index in [1.807, 2.05) is 37.3 Å². The highest BCUT2D eigenvalue weighted by molar-refractivity contribution is 7.22. The molecule has 5 nitrogen and oxygen atoms in total. The molecule has 1 fully saturated rings. The second-order valence-electron chi connectivity index (χ2n) is 6.90. The van der Waals surface area contributed by atoms with Gasteiger partial charge in [0.2, 0.25) is 11.8 Å². The van der Waals surface area contributed by atoms with Gasteiger partial charge >= 0.3 is 0 Å². The minimum absolute atomic E-state index is 0.0177. The number of aryl methyl sites for hydroxylation is 2. The molecule has 2 aromatic carbocycles. The molecule has 27 heavy (non-hydrogen) atoms. The number of anilines is 2. The van der Waals surface area contributed by atoms with Gasteiger partial charge in [-0.25, -0.2) is 4.98 Å². The van der Waals surface area contributed by atoms with Crippen LogP contribution in [0.4, 0.5) is 10.8 Å². The fraction of sp³-hybridized carbons (Fsp3) is 0.286. The van der Waals surface area contributed by atoms with E-state index in [4.69, 9.17) is 0 Å². The lowest BCUT2D eigenvalue weighted by Crippen LogP contribution is -2.28. The zero-order chi connectivity index (χ0) is 19.0. The minimum atomic E-state index is -0.364. The summed E-state index contributed by atoms with van der Waals surface area (Å²) in [5.74, 6) is -0.527. The number of carbonyl (C=O) groups is 2. The van der Waals surface area contributed by atoms with Crippen LogP contribution >= 0.6 is 11.3 Å². The number of carbonyl (C=O) groups excluding carboxylic acids is 2. The summed E-state index contributed by atoms with van der Waals surface area (Å²) in [6.07, 6.45) is 1.19. The molecule has 1 atom stereocenters. The van der Waals surface area contributed by atoms with Gasteiger partial charge in [-0.1, -0.05) is 42.0 Å². The molecule has 1 aromatic heterocycles. The van der Waals surface area contributed by atoms with Crippen LogP contribution < -0.4 is 10.2 Å². The SMILES string of the molecule is CCc1ccc2nc(NC(=O)C3CC(=O)N(c4ccc(C)cc4)C3)sc2c1. The summed E-state index contributed by atoms with van der Waals surface area (Å²) in [6, 6.07) is 13.9. The number of nitrogens with zero attached hydrogens (tertiary/aromatic N) is 2. The number of fused-ring (bicyclic) bond motifs is 1. The van der Waals surface area contributed by atoms with E-state index < -0.39 is 0 Å². The molecule has 2 heterocycles. The summed E-state index contributed by atoms with van der Waals surface area (Å²) >= 11 is 1.47. The molecule has 0 aliphatic carbocycles. The topological polar surface area (TPSA) is 62.3 Å². The van der Waals surface area contributed by atoms with Gasteiger partial charge in [-0.05, 0) is 43.2 Å². The third-order valence-electron chi connectivity index (χ3n) is 4.93. The van der Waals surface area contributed by atoms with Gasteiger partial charge in [-0.2, -0.15) is 0 Å². The van der Waals surface area contributed by atoms with Crippen LogP contribution in [0.2, 0.25) is 0 Å². The molecule has 2 amide bonds. The predicted molar refractivity (Wildman–Crippen MR) is 109 cm³/mol. The maximum absolute atomic E-state index is 12.7. The number of hydrogen-bond donors (Lipinski definition) is 1. The van der Waals surface area contributed by atoms with Crippen molar-refractivity contribution in [2.75, 3.05) is 16.8 Å². The Kier molecular flexibility index (Phi) is 4.66. The number of rotatable bonds is 4. The first-order chi connectivity index (χ1) is 13.0. The van der Waals surface area contributed by atoms with E-state index in [0.29, 0.717) is 11.7 Å². The largest absolute Gasteiger partial charge is 0.312 e. The molecular formula is C21H21N3O2S. The molecule has 1 unspecified atom stereocenters. The molecule has 6 heteroatoms.